The Morgan fingerprint density at radius 1 is 1.02 bits per heavy atom. The first kappa shape index (κ1) is 30.1. The molecule has 0 saturated heterocycles. The fourth-order valence-electron chi connectivity index (χ4n) is 5.26. The highest BCUT2D eigenvalue weighted by atomic mass is 35.5. The van der Waals surface area contributed by atoms with Gasteiger partial charge in [0.1, 0.15) is 11.4 Å². The molecular formula is C31H36ClN3O6. The van der Waals surface area contributed by atoms with Gasteiger partial charge in [-0.25, -0.2) is 4.79 Å². The van der Waals surface area contributed by atoms with Gasteiger partial charge < -0.3 is 23.5 Å². The van der Waals surface area contributed by atoms with Crippen LogP contribution in [0.4, 0.5) is 0 Å². The van der Waals surface area contributed by atoms with E-state index >= 15 is 0 Å². The maximum Gasteiger partial charge on any atom is 0.354 e. The van der Waals surface area contributed by atoms with Crippen molar-refractivity contribution in [1.29, 1.82) is 0 Å². The summed E-state index contributed by atoms with van der Waals surface area (Å²) in [4.78, 5) is 24.3. The van der Waals surface area contributed by atoms with Crippen LogP contribution in [0.5, 0.6) is 5.75 Å². The van der Waals surface area contributed by atoms with Crippen molar-refractivity contribution in [3.8, 4) is 16.9 Å². The monoisotopic (exact) mass is 581 g/mol. The molecule has 2 heterocycles. The van der Waals surface area contributed by atoms with Crippen molar-refractivity contribution in [2.75, 3.05) is 20.8 Å². The van der Waals surface area contributed by atoms with E-state index in [1.807, 2.05) is 66.5 Å². The minimum absolute atomic E-state index is 0.255. The molecule has 0 atom stereocenters. The number of ether oxygens (including phenoxy) is 4. The molecule has 0 aliphatic carbocycles. The lowest BCUT2D eigenvalue weighted by Crippen LogP contribution is -2.11. The number of aromatic nitrogens is 3. The van der Waals surface area contributed by atoms with Gasteiger partial charge in [-0.3, -0.25) is 9.48 Å². The van der Waals surface area contributed by atoms with Gasteiger partial charge in [0, 0.05) is 37.0 Å². The van der Waals surface area contributed by atoms with Crippen LogP contribution in [0, 0.1) is 6.92 Å². The molecule has 0 N–H and O–H groups in total. The average molecular weight is 582 g/mol. The molecule has 0 aliphatic rings. The Hall–Kier alpha value is -3.82. The first-order chi connectivity index (χ1) is 19.7. The third-order valence-electron chi connectivity index (χ3n) is 7.11. The van der Waals surface area contributed by atoms with Gasteiger partial charge in [0.25, 0.3) is 0 Å². The summed E-state index contributed by atoms with van der Waals surface area (Å²) < 4.78 is 25.5. The molecule has 4 rings (SSSR count). The van der Waals surface area contributed by atoms with Crippen molar-refractivity contribution >= 4 is 34.4 Å². The first-order valence-corrected chi connectivity index (χ1v) is 13.9. The van der Waals surface area contributed by atoms with Crippen LogP contribution in [0.2, 0.25) is 5.02 Å². The van der Waals surface area contributed by atoms with Crippen LogP contribution >= 0.6 is 11.6 Å². The molecule has 4 aromatic rings. The first-order valence-electron chi connectivity index (χ1n) is 13.5. The number of carbonyl (C=O) groups excluding carboxylic acids is 2. The van der Waals surface area contributed by atoms with E-state index in [0.29, 0.717) is 43.3 Å². The quantitative estimate of drug-likeness (QED) is 0.149. The van der Waals surface area contributed by atoms with Gasteiger partial charge in [-0.1, -0.05) is 29.8 Å². The number of rotatable bonds is 12. The van der Waals surface area contributed by atoms with E-state index in [4.69, 9.17) is 35.6 Å². The zero-order valence-electron chi connectivity index (χ0n) is 24.4. The summed E-state index contributed by atoms with van der Waals surface area (Å²) in [5.41, 5.74) is 6.44. The van der Waals surface area contributed by atoms with Crippen LogP contribution in [0.3, 0.4) is 0 Å². The molecular weight excluding hydrogens is 546 g/mol. The van der Waals surface area contributed by atoms with Crippen molar-refractivity contribution in [3.05, 3.63) is 69.6 Å². The van der Waals surface area contributed by atoms with E-state index in [2.05, 4.69) is 0 Å². The molecule has 0 unspecified atom stereocenters. The van der Waals surface area contributed by atoms with Crippen LogP contribution in [0.1, 0.15) is 53.3 Å². The second kappa shape index (κ2) is 13.2. The third-order valence-corrected chi connectivity index (χ3v) is 7.43. The smallest absolute Gasteiger partial charge is 0.354 e. The Bertz CT molecular complexity index is 1550. The summed E-state index contributed by atoms with van der Waals surface area (Å²) >= 11 is 6.92. The molecule has 10 heteroatoms. The normalized spacial score (nSPS) is 11.2. The summed E-state index contributed by atoms with van der Waals surface area (Å²) in [5, 5.41) is 6.22. The number of benzene rings is 2. The molecule has 2 aromatic heterocycles. The van der Waals surface area contributed by atoms with Crippen LogP contribution in [-0.4, -0.2) is 47.1 Å². The Labute approximate surface area is 244 Å². The maximum absolute atomic E-state index is 13.0. The van der Waals surface area contributed by atoms with Gasteiger partial charge in [-0.2, -0.15) is 5.10 Å². The standard InChI is InChI=1S/C31H36ClN3O6/c1-7-35-26(18-40-17-21-10-12-22(38-5)13-11-21)27(19(2)33-35)28-25(32)15-14-24-23(9-8-16-41-20(3)36)30(31(37)39-6)34(4)29(24)28/h10-15H,7-9,16-18H2,1-6H3. The van der Waals surface area contributed by atoms with Gasteiger partial charge in [0.05, 0.1) is 56.0 Å². The van der Waals surface area contributed by atoms with Crippen molar-refractivity contribution in [3.63, 3.8) is 0 Å². The summed E-state index contributed by atoms with van der Waals surface area (Å²) in [6.07, 6.45) is 1.07. The van der Waals surface area contributed by atoms with E-state index in [9.17, 15) is 9.59 Å². The lowest BCUT2D eigenvalue weighted by molar-refractivity contribution is -0.141. The molecule has 41 heavy (non-hydrogen) atoms. The zero-order valence-corrected chi connectivity index (χ0v) is 25.1. The second-order valence-corrected chi connectivity index (χ2v) is 10.1. The topological polar surface area (TPSA) is 93.8 Å². The number of hydrogen-bond donors (Lipinski definition) is 0. The molecule has 0 radical (unpaired) electrons. The van der Waals surface area contributed by atoms with E-state index in [1.54, 1.807) is 7.11 Å². The number of aryl methyl sites for hydroxylation is 4. The van der Waals surface area contributed by atoms with Gasteiger partial charge >= 0.3 is 11.9 Å². The van der Waals surface area contributed by atoms with E-state index < -0.39 is 5.97 Å². The molecule has 2 aromatic carbocycles. The van der Waals surface area contributed by atoms with Crippen molar-refractivity contribution in [2.45, 2.75) is 53.4 Å². The summed E-state index contributed by atoms with van der Waals surface area (Å²) in [6.45, 7) is 6.99. The van der Waals surface area contributed by atoms with Gasteiger partial charge in [0.15, 0.2) is 0 Å². The molecule has 0 saturated carbocycles. The summed E-state index contributed by atoms with van der Waals surface area (Å²) in [5.74, 6) is 0.00529. The minimum atomic E-state index is -0.447. The second-order valence-electron chi connectivity index (χ2n) is 9.70. The molecule has 9 nitrogen and oxygen atoms in total. The largest absolute Gasteiger partial charge is 0.497 e. The molecule has 0 aliphatic heterocycles. The maximum atomic E-state index is 13.0. The van der Waals surface area contributed by atoms with Crippen LogP contribution in [0.25, 0.3) is 22.0 Å². The SMILES string of the molecule is CCn1nc(C)c(-c2c(Cl)ccc3c(CCCOC(C)=O)c(C(=O)OC)n(C)c23)c1COCc1ccc(OC)cc1. The highest BCUT2D eigenvalue weighted by Gasteiger charge is 2.28. The van der Waals surface area contributed by atoms with E-state index in [-0.39, 0.29) is 12.6 Å². The Morgan fingerprint density at radius 3 is 2.39 bits per heavy atom. The fourth-order valence-corrected chi connectivity index (χ4v) is 5.51. The van der Waals surface area contributed by atoms with Gasteiger partial charge in [-0.05, 0) is 56.0 Å². The Kier molecular flexibility index (Phi) is 9.73. The number of fused-ring (bicyclic) bond motifs is 1. The highest BCUT2D eigenvalue weighted by molar-refractivity contribution is 6.35. The average Bonchev–Trinajstić information content (AvgIpc) is 3.43. The van der Waals surface area contributed by atoms with E-state index in [1.165, 1.54) is 14.0 Å². The van der Waals surface area contributed by atoms with Crippen molar-refractivity contribution < 1.29 is 28.5 Å². The highest BCUT2D eigenvalue weighted by Crippen LogP contribution is 2.42. The molecule has 0 spiro atoms. The predicted octanol–water partition coefficient (Wildman–Crippen LogP) is 6.03. The summed E-state index contributed by atoms with van der Waals surface area (Å²) in [6, 6.07) is 11.5. The van der Waals surface area contributed by atoms with Crippen molar-refractivity contribution in [1.82, 2.24) is 14.3 Å². The third kappa shape index (κ3) is 6.26. The van der Waals surface area contributed by atoms with Crippen LogP contribution in [0.15, 0.2) is 36.4 Å². The molecule has 0 amide bonds. The minimum Gasteiger partial charge on any atom is -0.497 e. The molecule has 218 valence electrons. The fraction of sp³-hybridized carbons (Fsp3) is 0.387. The number of carbonyl (C=O) groups is 2. The number of esters is 2. The Morgan fingerprint density at radius 2 is 1.76 bits per heavy atom. The van der Waals surface area contributed by atoms with Crippen LogP contribution < -0.4 is 4.74 Å². The number of halogens is 1. The number of hydrogen-bond acceptors (Lipinski definition) is 7. The molecule has 0 fully saturated rings. The van der Waals surface area contributed by atoms with Crippen LogP contribution in [-0.2, 0) is 52.2 Å². The van der Waals surface area contributed by atoms with Gasteiger partial charge in [0.2, 0.25) is 0 Å². The molecule has 0 bridgehead atoms. The number of nitrogens with zero attached hydrogens (tertiary/aromatic N) is 3. The lowest BCUT2D eigenvalue weighted by atomic mass is 9.98. The van der Waals surface area contributed by atoms with E-state index in [0.717, 1.165) is 50.3 Å². The predicted molar refractivity (Wildman–Crippen MR) is 157 cm³/mol. The van der Waals surface area contributed by atoms with Gasteiger partial charge in [-0.15, -0.1) is 0 Å². The number of methoxy groups -OCH3 is 2. The van der Waals surface area contributed by atoms with Crippen molar-refractivity contribution in [2.24, 2.45) is 7.05 Å². The zero-order chi connectivity index (χ0) is 29.7. The lowest BCUT2D eigenvalue weighted by Gasteiger charge is -2.13. The Balaban J connectivity index is 1.79. The summed E-state index contributed by atoms with van der Waals surface area (Å²) in [7, 11) is 4.84.